The number of aliphatic hydroxyl groups excluding tert-OH is 1. The number of carbonyl (C=O) groups excluding carboxylic acids is 1. The lowest BCUT2D eigenvalue weighted by molar-refractivity contribution is -0.125. The molecule has 43 heavy (non-hydrogen) atoms. The Balaban J connectivity index is 1.74. The monoisotopic (exact) mass is 610 g/mol. The fourth-order valence-electron chi connectivity index (χ4n) is 5.55. The van der Waals surface area contributed by atoms with Gasteiger partial charge in [-0.15, -0.1) is 11.3 Å². The van der Waals surface area contributed by atoms with Crippen molar-refractivity contribution in [3.05, 3.63) is 68.7 Å². The van der Waals surface area contributed by atoms with Crippen molar-refractivity contribution >= 4 is 27.5 Å². The van der Waals surface area contributed by atoms with Crippen molar-refractivity contribution in [1.82, 2.24) is 14.1 Å². The van der Waals surface area contributed by atoms with Gasteiger partial charge in [0.25, 0.3) is 5.56 Å². The van der Waals surface area contributed by atoms with Crippen molar-refractivity contribution in [2.24, 2.45) is 5.73 Å². The van der Waals surface area contributed by atoms with Gasteiger partial charge in [-0.1, -0.05) is 18.2 Å². The molecule has 1 atom stereocenters. The topological polar surface area (TPSA) is 152 Å². The quantitative estimate of drug-likeness (QED) is 0.270. The standard InChI is InChI=1S/C31H38N4O7S/c1-17(2)41-22-9-7-6-8-21(22)23(42-20-12-10-19(36)11-13-20)16-34-28-24(18(3)25(43-28)26-33-14-15-40-26)27(37)35(30(34)39)31(4,5)29(32)38/h6-9,14-15,17,19-20,23,36H,10-13,16H2,1-5H3,(H2,32,38). The van der Waals surface area contributed by atoms with Gasteiger partial charge in [0.15, 0.2) is 0 Å². The number of amides is 1. The molecule has 1 aliphatic rings. The second-order valence-electron chi connectivity index (χ2n) is 11.8. The first-order valence-electron chi connectivity index (χ1n) is 14.5. The average Bonchev–Trinajstić information content (AvgIpc) is 3.59. The van der Waals surface area contributed by atoms with Crippen molar-refractivity contribution in [1.29, 1.82) is 0 Å². The number of rotatable bonds is 10. The zero-order chi connectivity index (χ0) is 31.1. The molecule has 12 heteroatoms. The molecular formula is C31H38N4O7S. The number of aliphatic hydroxyl groups is 1. The number of hydrogen-bond acceptors (Lipinski definition) is 9. The zero-order valence-corrected chi connectivity index (χ0v) is 25.8. The Hall–Kier alpha value is -3.74. The Labute approximate surface area is 252 Å². The van der Waals surface area contributed by atoms with Crippen LogP contribution in [-0.4, -0.2) is 43.4 Å². The van der Waals surface area contributed by atoms with Gasteiger partial charge in [-0.25, -0.2) is 14.3 Å². The molecule has 1 saturated carbocycles. The van der Waals surface area contributed by atoms with E-state index in [-0.39, 0.29) is 30.2 Å². The lowest BCUT2D eigenvalue weighted by atomic mass is 9.94. The van der Waals surface area contributed by atoms with Crippen molar-refractivity contribution in [2.75, 3.05) is 0 Å². The van der Waals surface area contributed by atoms with Crippen LogP contribution in [0.4, 0.5) is 0 Å². The van der Waals surface area contributed by atoms with E-state index in [1.807, 2.05) is 38.1 Å². The number of primary amides is 1. The Morgan fingerprint density at radius 2 is 1.91 bits per heavy atom. The number of aromatic nitrogens is 3. The molecule has 11 nitrogen and oxygen atoms in total. The van der Waals surface area contributed by atoms with Crippen molar-refractivity contribution in [3.63, 3.8) is 0 Å². The number of aryl methyl sites for hydroxylation is 1. The summed E-state index contributed by atoms with van der Waals surface area (Å²) in [6.45, 7) is 8.57. The lowest BCUT2D eigenvalue weighted by Crippen LogP contribution is -2.54. The molecule has 1 amide bonds. The summed E-state index contributed by atoms with van der Waals surface area (Å²) in [5.41, 5.74) is 4.13. The number of hydrogen-bond donors (Lipinski definition) is 2. The van der Waals surface area contributed by atoms with Crippen LogP contribution in [0.2, 0.25) is 0 Å². The van der Waals surface area contributed by atoms with Crippen LogP contribution in [0.25, 0.3) is 21.0 Å². The number of ether oxygens (including phenoxy) is 2. The third kappa shape index (κ3) is 5.91. The number of fused-ring (bicyclic) bond motifs is 1. The zero-order valence-electron chi connectivity index (χ0n) is 25.0. The average molecular weight is 611 g/mol. The number of para-hydroxylation sites is 1. The second-order valence-corrected chi connectivity index (χ2v) is 12.8. The van der Waals surface area contributed by atoms with E-state index in [2.05, 4.69) is 4.98 Å². The van der Waals surface area contributed by atoms with E-state index >= 15 is 0 Å². The highest BCUT2D eigenvalue weighted by atomic mass is 32.1. The molecule has 3 N–H and O–H groups in total. The Morgan fingerprint density at radius 1 is 1.21 bits per heavy atom. The van der Waals surface area contributed by atoms with Crippen molar-refractivity contribution in [3.8, 4) is 16.5 Å². The van der Waals surface area contributed by atoms with Gasteiger partial charge in [0.1, 0.15) is 28.5 Å². The molecule has 0 spiro atoms. The molecule has 0 bridgehead atoms. The Morgan fingerprint density at radius 3 is 2.53 bits per heavy atom. The van der Waals surface area contributed by atoms with Gasteiger partial charge in [-0.05, 0) is 71.9 Å². The van der Waals surface area contributed by atoms with Crippen LogP contribution >= 0.6 is 11.3 Å². The van der Waals surface area contributed by atoms with Crippen LogP contribution in [0.5, 0.6) is 5.75 Å². The second kappa shape index (κ2) is 12.1. The highest BCUT2D eigenvalue weighted by Crippen LogP contribution is 2.38. The summed E-state index contributed by atoms with van der Waals surface area (Å²) in [4.78, 5) is 46.1. The molecule has 0 saturated heterocycles. The number of oxazole rings is 1. The maximum absolute atomic E-state index is 14.3. The van der Waals surface area contributed by atoms with Gasteiger partial charge in [0, 0.05) is 5.56 Å². The fourth-order valence-corrected chi connectivity index (χ4v) is 6.79. The molecule has 1 unspecified atom stereocenters. The van der Waals surface area contributed by atoms with E-state index in [1.165, 1.54) is 42.2 Å². The highest BCUT2D eigenvalue weighted by molar-refractivity contribution is 7.22. The molecule has 3 heterocycles. The van der Waals surface area contributed by atoms with Gasteiger partial charge in [0.05, 0.1) is 41.3 Å². The molecule has 1 fully saturated rings. The number of nitrogens with zero attached hydrogens (tertiary/aromatic N) is 3. The molecule has 0 radical (unpaired) electrons. The molecule has 4 aromatic rings. The SMILES string of the molecule is Cc1c(-c2ncco2)sc2c1c(=O)n(C(C)(C)C(N)=O)c(=O)n2CC(OC1CCC(O)CC1)c1ccccc1OC(C)C. The maximum atomic E-state index is 14.3. The van der Waals surface area contributed by atoms with Gasteiger partial charge in [-0.2, -0.15) is 0 Å². The number of thiophene rings is 1. The maximum Gasteiger partial charge on any atom is 0.333 e. The summed E-state index contributed by atoms with van der Waals surface area (Å²) < 4.78 is 20.8. The largest absolute Gasteiger partial charge is 0.491 e. The van der Waals surface area contributed by atoms with Crippen LogP contribution in [0, 0.1) is 6.92 Å². The third-order valence-electron chi connectivity index (χ3n) is 7.98. The molecular weight excluding hydrogens is 572 g/mol. The van der Waals surface area contributed by atoms with Crippen molar-refractivity contribution in [2.45, 2.75) is 96.8 Å². The van der Waals surface area contributed by atoms with E-state index in [0.29, 0.717) is 52.6 Å². The van der Waals surface area contributed by atoms with Crippen LogP contribution in [0.1, 0.15) is 70.6 Å². The first kappa shape index (κ1) is 30.7. The van der Waals surface area contributed by atoms with Gasteiger partial charge >= 0.3 is 5.69 Å². The minimum absolute atomic E-state index is 0.0208. The minimum atomic E-state index is -1.61. The lowest BCUT2D eigenvalue weighted by Gasteiger charge is -2.31. The van der Waals surface area contributed by atoms with Gasteiger partial charge < -0.3 is 24.7 Å². The molecule has 3 aromatic heterocycles. The summed E-state index contributed by atoms with van der Waals surface area (Å²) in [5.74, 6) is 0.126. The first-order valence-corrected chi connectivity index (χ1v) is 15.3. The molecule has 1 aliphatic carbocycles. The molecule has 0 aliphatic heterocycles. The Bertz CT molecular complexity index is 1730. The molecule has 5 rings (SSSR count). The van der Waals surface area contributed by atoms with Gasteiger partial charge in [-0.3, -0.25) is 14.2 Å². The number of nitrogens with two attached hydrogens (primary N) is 1. The summed E-state index contributed by atoms with van der Waals surface area (Å²) in [6.07, 6.45) is 4.22. The first-order chi connectivity index (χ1) is 20.4. The van der Waals surface area contributed by atoms with E-state index in [1.54, 1.807) is 6.92 Å². The van der Waals surface area contributed by atoms with Crippen LogP contribution in [0.15, 0.2) is 50.7 Å². The predicted octanol–water partition coefficient (Wildman–Crippen LogP) is 4.26. The van der Waals surface area contributed by atoms with Gasteiger partial charge in [0.2, 0.25) is 11.8 Å². The summed E-state index contributed by atoms with van der Waals surface area (Å²) in [6, 6.07) is 7.53. The predicted molar refractivity (Wildman–Crippen MR) is 163 cm³/mol. The molecule has 230 valence electrons. The normalized spacial score (nSPS) is 18.3. The number of carbonyl (C=O) groups is 1. The van der Waals surface area contributed by atoms with Crippen molar-refractivity contribution < 1.29 is 23.8 Å². The summed E-state index contributed by atoms with van der Waals surface area (Å²) >= 11 is 1.22. The van der Waals surface area contributed by atoms with Crippen LogP contribution in [0.3, 0.4) is 0 Å². The molecule has 1 aromatic carbocycles. The van der Waals surface area contributed by atoms with E-state index in [0.717, 1.165) is 10.1 Å². The van der Waals surface area contributed by atoms with E-state index < -0.39 is 28.8 Å². The van der Waals surface area contributed by atoms with Crippen LogP contribution in [-0.2, 0) is 21.6 Å². The summed E-state index contributed by atoms with van der Waals surface area (Å²) in [7, 11) is 0. The fraction of sp³-hybridized carbons (Fsp3) is 0.484. The summed E-state index contributed by atoms with van der Waals surface area (Å²) in [5, 5.41) is 10.4. The van der Waals surface area contributed by atoms with Crippen LogP contribution < -0.4 is 21.7 Å². The smallest absolute Gasteiger partial charge is 0.333 e. The van der Waals surface area contributed by atoms with E-state index in [4.69, 9.17) is 19.6 Å². The third-order valence-corrected chi connectivity index (χ3v) is 9.28. The number of benzene rings is 1. The van der Waals surface area contributed by atoms with E-state index in [9.17, 15) is 19.5 Å². The Kier molecular flexibility index (Phi) is 8.64. The minimum Gasteiger partial charge on any atom is -0.491 e. The highest BCUT2D eigenvalue weighted by Gasteiger charge is 2.35.